The molecular weight excluding hydrogens is 284 g/mol. The van der Waals surface area contributed by atoms with E-state index in [1.807, 2.05) is 24.7 Å². The topological polar surface area (TPSA) is 78.3 Å². The molecular formula is C15H28N4O3. The molecule has 1 heterocycles. The van der Waals surface area contributed by atoms with Crippen molar-refractivity contribution in [3.05, 3.63) is 11.9 Å². The highest BCUT2D eigenvalue weighted by atomic mass is 16.5. The number of rotatable bonds is 12. The van der Waals surface area contributed by atoms with E-state index in [9.17, 15) is 4.79 Å². The van der Waals surface area contributed by atoms with Gasteiger partial charge >= 0.3 is 0 Å². The Morgan fingerprint density at radius 3 is 2.86 bits per heavy atom. The maximum atomic E-state index is 11.5. The molecule has 1 aromatic heterocycles. The van der Waals surface area contributed by atoms with E-state index < -0.39 is 0 Å². The average Bonchev–Trinajstić information content (AvgIpc) is 2.90. The number of hydrogen-bond acceptors (Lipinski definition) is 5. The monoisotopic (exact) mass is 312 g/mol. The molecule has 1 N–H and O–H groups in total. The number of nitrogens with one attached hydrogen (secondary N) is 1. The fourth-order valence-electron chi connectivity index (χ4n) is 1.96. The lowest BCUT2D eigenvalue weighted by Gasteiger charge is -2.07. The molecule has 0 aromatic carbocycles. The van der Waals surface area contributed by atoms with E-state index in [0.29, 0.717) is 26.2 Å². The summed E-state index contributed by atoms with van der Waals surface area (Å²) in [7, 11) is 1.64. The second-order valence-electron chi connectivity index (χ2n) is 5.55. The van der Waals surface area contributed by atoms with E-state index in [-0.39, 0.29) is 11.9 Å². The normalized spacial score (nSPS) is 11.1. The van der Waals surface area contributed by atoms with Gasteiger partial charge in [0.1, 0.15) is 5.69 Å². The van der Waals surface area contributed by atoms with Crippen molar-refractivity contribution in [1.29, 1.82) is 0 Å². The Bertz CT molecular complexity index is 421. The molecule has 0 atom stereocenters. The first-order valence-corrected chi connectivity index (χ1v) is 7.87. The summed E-state index contributed by atoms with van der Waals surface area (Å²) in [5.74, 6) is 0.131. The molecule has 0 radical (unpaired) electrons. The average molecular weight is 312 g/mol. The molecule has 0 aliphatic carbocycles. The summed E-state index contributed by atoms with van der Waals surface area (Å²) in [6.07, 6.45) is 5.39. The number of aromatic nitrogens is 3. The third-order valence-corrected chi connectivity index (χ3v) is 3.01. The van der Waals surface area contributed by atoms with Gasteiger partial charge in [0.15, 0.2) is 0 Å². The van der Waals surface area contributed by atoms with Crippen LogP contribution in [0.3, 0.4) is 0 Å². The molecule has 0 unspecified atom stereocenters. The van der Waals surface area contributed by atoms with E-state index in [1.165, 1.54) is 0 Å². The van der Waals surface area contributed by atoms with Crippen molar-refractivity contribution in [2.45, 2.75) is 58.7 Å². The molecule has 1 amide bonds. The lowest BCUT2D eigenvalue weighted by molar-refractivity contribution is -0.121. The molecule has 0 bridgehead atoms. The van der Waals surface area contributed by atoms with Crippen LogP contribution in [0.1, 0.15) is 45.2 Å². The molecule has 0 fully saturated rings. The van der Waals surface area contributed by atoms with Crippen LogP contribution in [0.5, 0.6) is 0 Å². The number of ether oxygens (including phenoxy) is 2. The predicted octanol–water partition coefficient (Wildman–Crippen LogP) is 1.53. The first-order chi connectivity index (χ1) is 10.6. The zero-order valence-electron chi connectivity index (χ0n) is 13.9. The van der Waals surface area contributed by atoms with E-state index in [2.05, 4.69) is 15.6 Å². The Hall–Kier alpha value is -1.47. The van der Waals surface area contributed by atoms with Crippen molar-refractivity contribution in [1.82, 2.24) is 20.3 Å². The van der Waals surface area contributed by atoms with E-state index in [0.717, 1.165) is 31.5 Å². The van der Waals surface area contributed by atoms with Crippen LogP contribution in [0.25, 0.3) is 0 Å². The summed E-state index contributed by atoms with van der Waals surface area (Å²) in [4.78, 5) is 11.5. The number of amides is 1. The maximum absolute atomic E-state index is 11.5. The van der Waals surface area contributed by atoms with Crippen molar-refractivity contribution in [2.75, 3.05) is 20.3 Å². The van der Waals surface area contributed by atoms with Crippen molar-refractivity contribution in [3.63, 3.8) is 0 Å². The molecule has 7 nitrogen and oxygen atoms in total. The molecule has 0 saturated heterocycles. The van der Waals surface area contributed by atoms with Gasteiger partial charge in [0, 0.05) is 26.1 Å². The Labute approximate surface area is 132 Å². The lowest BCUT2D eigenvalue weighted by Crippen LogP contribution is -2.29. The minimum absolute atomic E-state index is 0.131. The van der Waals surface area contributed by atoms with Crippen molar-refractivity contribution in [2.24, 2.45) is 0 Å². The third-order valence-electron chi connectivity index (χ3n) is 3.01. The second kappa shape index (κ2) is 11.1. The molecule has 0 saturated carbocycles. The maximum Gasteiger partial charge on any atom is 0.220 e. The van der Waals surface area contributed by atoms with Gasteiger partial charge in [-0.1, -0.05) is 11.6 Å². The van der Waals surface area contributed by atoms with Gasteiger partial charge < -0.3 is 14.8 Å². The van der Waals surface area contributed by atoms with Gasteiger partial charge in [0.25, 0.3) is 0 Å². The number of carbonyl (C=O) groups excluding carboxylic acids is 1. The first kappa shape index (κ1) is 18.6. The van der Waals surface area contributed by atoms with Crippen LogP contribution >= 0.6 is 0 Å². The number of methoxy groups -OCH3 is 1. The van der Waals surface area contributed by atoms with Crippen LogP contribution in [0.15, 0.2) is 6.20 Å². The summed E-state index contributed by atoms with van der Waals surface area (Å²) in [5, 5.41) is 11.0. The van der Waals surface area contributed by atoms with Crippen LogP contribution in [-0.2, 0) is 27.4 Å². The molecule has 0 aliphatic heterocycles. The predicted molar refractivity (Wildman–Crippen MR) is 83.3 cm³/mol. The standard InChI is InChI=1S/C15H28N4O3/c1-13(2)16-15(20)7-5-4-6-8-19-11-14(17-18-19)12-22-10-9-21-3/h11,13H,4-10,12H2,1-3H3,(H,16,20). The van der Waals surface area contributed by atoms with Crippen LogP contribution < -0.4 is 5.32 Å². The van der Waals surface area contributed by atoms with Crippen LogP contribution in [0.2, 0.25) is 0 Å². The van der Waals surface area contributed by atoms with Crippen molar-refractivity contribution < 1.29 is 14.3 Å². The smallest absolute Gasteiger partial charge is 0.220 e. The summed E-state index contributed by atoms with van der Waals surface area (Å²) < 4.78 is 12.1. The second-order valence-corrected chi connectivity index (χ2v) is 5.55. The Kier molecular flexibility index (Phi) is 9.41. The summed E-state index contributed by atoms with van der Waals surface area (Å²) in [6.45, 7) is 6.36. The highest BCUT2D eigenvalue weighted by Gasteiger charge is 2.04. The minimum Gasteiger partial charge on any atom is -0.382 e. The summed E-state index contributed by atoms with van der Waals surface area (Å²) in [5.41, 5.74) is 0.826. The van der Waals surface area contributed by atoms with E-state index in [4.69, 9.17) is 9.47 Å². The number of unbranched alkanes of at least 4 members (excludes halogenated alkanes) is 2. The van der Waals surface area contributed by atoms with Gasteiger partial charge in [-0.25, -0.2) is 0 Å². The number of aryl methyl sites for hydroxylation is 1. The highest BCUT2D eigenvalue weighted by Crippen LogP contribution is 2.03. The van der Waals surface area contributed by atoms with Gasteiger partial charge in [-0.3, -0.25) is 9.48 Å². The van der Waals surface area contributed by atoms with E-state index in [1.54, 1.807) is 7.11 Å². The lowest BCUT2D eigenvalue weighted by atomic mass is 10.2. The molecule has 22 heavy (non-hydrogen) atoms. The van der Waals surface area contributed by atoms with Crippen molar-refractivity contribution >= 4 is 5.91 Å². The van der Waals surface area contributed by atoms with Gasteiger partial charge in [0.05, 0.1) is 26.0 Å². The first-order valence-electron chi connectivity index (χ1n) is 7.87. The van der Waals surface area contributed by atoms with Gasteiger partial charge in [-0.05, 0) is 26.7 Å². The van der Waals surface area contributed by atoms with Gasteiger partial charge in [-0.15, -0.1) is 5.10 Å². The number of carbonyl (C=O) groups is 1. The van der Waals surface area contributed by atoms with Crippen molar-refractivity contribution in [3.8, 4) is 0 Å². The number of nitrogens with zero attached hydrogens (tertiary/aromatic N) is 3. The van der Waals surface area contributed by atoms with E-state index >= 15 is 0 Å². The Balaban J connectivity index is 2.07. The van der Waals surface area contributed by atoms with Crippen LogP contribution in [-0.4, -0.2) is 47.3 Å². The molecule has 0 spiro atoms. The summed E-state index contributed by atoms with van der Waals surface area (Å²) >= 11 is 0. The fraction of sp³-hybridized carbons (Fsp3) is 0.800. The Morgan fingerprint density at radius 2 is 2.14 bits per heavy atom. The fourth-order valence-corrected chi connectivity index (χ4v) is 1.96. The molecule has 7 heteroatoms. The molecule has 1 aromatic rings. The Morgan fingerprint density at radius 1 is 1.32 bits per heavy atom. The molecule has 1 rings (SSSR count). The highest BCUT2D eigenvalue weighted by molar-refractivity contribution is 5.76. The SMILES string of the molecule is COCCOCc1cn(CCCCCC(=O)NC(C)C)nn1. The van der Waals surface area contributed by atoms with Crippen LogP contribution in [0.4, 0.5) is 0 Å². The number of hydrogen-bond donors (Lipinski definition) is 1. The van der Waals surface area contributed by atoms with Crippen LogP contribution in [0, 0.1) is 0 Å². The molecule has 0 aliphatic rings. The largest absolute Gasteiger partial charge is 0.382 e. The zero-order valence-corrected chi connectivity index (χ0v) is 13.9. The van der Waals surface area contributed by atoms with Gasteiger partial charge in [0.2, 0.25) is 5.91 Å². The minimum atomic E-state index is 0.131. The third kappa shape index (κ3) is 8.74. The quantitative estimate of drug-likeness (QED) is 0.592. The zero-order chi connectivity index (χ0) is 16.2. The summed E-state index contributed by atoms with van der Waals surface area (Å²) in [6, 6.07) is 0.215. The molecule has 126 valence electrons. The van der Waals surface area contributed by atoms with Gasteiger partial charge in [-0.2, -0.15) is 0 Å².